The first-order chi connectivity index (χ1) is 5.34. The first kappa shape index (κ1) is 9.32. The summed E-state index contributed by atoms with van der Waals surface area (Å²) in [4.78, 5) is 6.85. The fourth-order valence-corrected chi connectivity index (χ4v) is 2.55. The Labute approximate surface area is 72.2 Å². The standard InChI is InChI=1S/C7H16N2OS/c1-9(3-4-10-8)7-2-5-11-6-7/h7H,2-6,8H2,1H3. The molecule has 1 saturated heterocycles. The van der Waals surface area contributed by atoms with Crippen molar-refractivity contribution in [1.82, 2.24) is 4.90 Å². The van der Waals surface area contributed by atoms with Crippen LogP contribution in [0.4, 0.5) is 0 Å². The zero-order valence-corrected chi connectivity index (χ0v) is 7.77. The topological polar surface area (TPSA) is 38.5 Å². The third-order valence-electron chi connectivity index (χ3n) is 2.09. The normalized spacial score (nSPS) is 24.8. The maximum Gasteiger partial charge on any atom is 0.0806 e. The van der Waals surface area contributed by atoms with Crippen LogP contribution in [0.3, 0.4) is 0 Å². The highest BCUT2D eigenvalue weighted by atomic mass is 32.2. The van der Waals surface area contributed by atoms with Gasteiger partial charge in [-0.3, -0.25) is 0 Å². The van der Waals surface area contributed by atoms with Gasteiger partial charge in [-0.25, -0.2) is 5.90 Å². The summed E-state index contributed by atoms with van der Waals surface area (Å²) in [5, 5.41) is 0. The maximum atomic E-state index is 4.94. The van der Waals surface area contributed by atoms with Gasteiger partial charge in [-0.1, -0.05) is 0 Å². The quantitative estimate of drug-likeness (QED) is 0.626. The summed E-state index contributed by atoms with van der Waals surface area (Å²) in [6, 6.07) is 0.746. The molecular weight excluding hydrogens is 160 g/mol. The van der Waals surface area contributed by atoms with Gasteiger partial charge in [-0.05, 0) is 19.2 Å². The molecule has 0 aliphatic carbocycles. The van der Waals surface area contributed by atoms with Gasteiger partial charge >= 0.3 is 0 Å². The molecule has 1 fully saturated rings. The van der Waals surface area contributed by atoms with Crippen LogP contribution in [-0.2, 0) is 4.84 Å². The van der Waals surface area contributed by atoms with Crippen molar-refractivity contribution in [2.45, 2.75) is 12.5 Å². The first-order valence-electron chi connectivity index (χ1n) is 3.94. The molecule has 1 aliphatic rings. The summed E-state index contributed by atoms with van der Waals surface area (Å²) >= 11 is 2.03. The van der Waals surface area contributed by atoms with Crippen molar-refractivity contribution in [2.24, 2.45) is 5.90 Å². The molecule has 0 amide bonds. The molecule has 4 heteroatoms. The highest BCUT2D eigenvalue weighted by molar-refractivity contribution is 7.99. The summed E-state index contributed by atoms with van der Waals surface area (Å²) in [6.45, 7) is 1.58. The van der Waals surface area contributed by atoms with Crippen molar-refractivity contribution in [3.63, 3.8) is 0 Å². The molecule has 0 bridgehead atoms. The van der Waals surface area contributed by atoms with Crippen LogP contribution in [-0.4, -0.2) is 42.6 Å². The zero-order chi connectivity index (χ0) is 8.10. The van der Waals surface area contributed by atoms with E-state index in [1.165, 1.54) is 17.9 Å². The molecule has 1 atom stereocenters. The second-order valence-corrected chi connectivity index (χ2v) is 4.02. The van der Waals surface area contributed by atoms with Crippen molar-refractivity contribution >= 4 is 11.8 Å². The third kappa shape index (κ3) is 2.99. The first-order valence-corrected chi connectivity index (χ1v) is 5.09. The van der Waals surface area contributed by atoms with Gasteiger partial charge in [0.05, 0.1) is 6.61 Å². The van der Waals surface area contributed by atoms with E-state index in [0.29, 0.717) is 6.61 Å². The smallest absolute Gasteiger partial charge is 0.0806 e. The Kier molecular flexibility index (Phi) is 4.22. The second-order valence-electron chi connectivity index (χ2n) is 2.87. The molecule has 1 aliphatic heterocycles. The van der Waals surface area contributed by atoms with Gasteiger partial charge in [0.15, 0.2) is 0 Å². The average molecular weight is 176 g/mol. The van der Waals surface area contributed by atoms with Gasteiger partial charge in [0.1, 0.15) is 0 Å². The van der Waals surface area contributed by atoms with Gasteiger partial charge in [0.2, 0.25) is 0 Å². The van der Waals surface area contributed by atoms with Crippen LogP contribution in [0.15, 0.2) is 0 Å². The molecule has 2 N–H and O–H groups in total. The summed E-state index contributed by atoms with van der Waals surface area (Å²) in [7, 11) is 2.13. The lowest BCUT2D eigenvalue weighted by molar-refractivity contribution is 0.103. The molecule has 0 saturated carbocycles. The molecule has 3 nitrogen and oxygen atoms in total. The third-order valence-corrected chi connectivity index (χ3v) is 3.24. The molecule has 0 aromatic heterocycles. The van der Waals surface area contributed by atoms with E-state index in [2.05, 4.69) is 16.8 Å². The SMILES string of the molecule is CN(CCON)C1CCSC1. The summed E-state index contributed by atoms with van der Waals surface area (Å²) in [6.07, 6.45) is 1.31. The minimum Gasteiger partial charge on any atom is -0.303 e. The Morgan fingerprint density at radius 3 is 3.09 bits per heavy atom. The molecule has 66 valence electrons. The van der Waals surface area contributed by atoms with Gasteiger partial charge in [0.25, 0.3) is 0 Å². The fraction of sp³-hybridized carbons (Fsp3) is 1.00. The highest BCUT2D eigenvalue weighted by Gasteiger charge is 2.19. The van der Waals surface area contributed by atoms with Crippen LogP contribution in [0.5, 0.6) is 0 Å². The summed E-state index contributed by atoms with van der Waals surface area (Å²) < 4.78 is 0. The largest absolute Gasteiger partial charge is 0.303 e. The number of hydrogen-bond donors (Lipinski definition) is 1. The van der Waals surface area contributed by atoms with E-state index < -0.39 is 0 Å². The highest BCUT2D eigenvalue weighted by Crippen LogP contribution is 2.20. The lowest BCUT2D eigenvalue weighted by Crippen LogP contribution is -2.34. The number of thioether (sulfide) groups is 1. The van der Waals surface area contributed by atoms with Crippen molar-refractivity contribution in [2.75, 3.05) is 31.7 Å². The number of nitrogens with zero attached hydrogens (tertiary/aromatic N) is 1. The van der Waals surface area contributed by atoms with E-state index in [1.54, 1.807) is 0 Å². The Morgan fingerprint density at radius 1 is 1.73 bits per heavy atom. The minimum absolute atomic E-state index is 0.637. The van der Waals surface area contributed by atoms with E-state index in [4.69, 9.17) is 5.90 Å². The van der Waals surface area contributed by atoms with E-state index in [-0.39, 0.29) is 0 Å². The molecule has 0 spiro atoms. The maximum absolute atomic E-state index is 4.94. The molecule has 1 rings (SSSR count). The molecule has 0 aromatic carbocycles. The number of nitrogens with two attached hydrogens (primary N) is 1. The lowest BCUT2D eigenvalue weighted by Gasteiger charge is -2.22. The Balaban J connectivity index is 2.12. The van der Waals surface area contributed by atoms with Crippen LogP contribution in [0.2, 0.25) is 0 Å². The van der Waals surface area contributed by atoms with Crippen LogP contribution < -0.4 is 5.90 Å². The second kappa shape index (κ2) is 4.98. The monoisotopic (exact) mass is 176 g/mol. The van der Waals surface area contributed by atoms with Gasteiger partial charge in [-0.2, -0.15) is 11.8 Å². The molecule has 1 unspecified atom stereocenters. The summed E-state index contributed by atoms with van der Waals surface area (Å²) in [5.41, 5.74) is 0. The zero-order valence-electron chi connectivity index (χ0n) is 6.95. The van der Waals surface area contributed by atoms with E-state index in [0.717, 1.165) is 12.6 Å². The molecule has 1 heterocycles. The van der Waals surface area contributed by atoms with Crippen molar-refractivity contribution in [3.05, 3.63) is 0 Å². The Bertz CT molecular complexity index is 107. The predicted molar refractivity (Wildman–Crippen MR) is 48.5 cm³/mol. The molecule has 0 aromatic rings. The molecular formula is C7H16N2OS. The van der Waals surface area contributed by atoms with Crippen molar-refractivity contribution in [3.8, 4) is 0 Å². The van der Waals surface area contributed by atoms with Crippen LogP contribution in [0.1, 0.15) is 6.42 Å². The Hall–Kier alpha value is 0.230. The van der Waals surface area contributed by atoms with Gasteiger partial charge in [-0.15, -0.1) is 0 Å². The number of hydrogen-bond acceptors (Lipinski definition) is 4. The van der Waals surface area contributed by atoms with Crippen LogP contribution in [0.25, 0.3) is 0 Å². The van der Waals surface area contributed by atoms with E-state index >= 15 is 0 Å². The summed E-state index contributed by atoms with van der Waals surface area (Å²) in [5.74, 6) is 7.51. The number of rotatable bonds is 4. The molecule has 11 heavy (non-hydrogen) atoms. The van der Waals surface area contributed by atoms with Crippen molar-refractivity contribution in [1.29, 1.82) is 0 Å². The minimum atomic E-state index is 0.637. The average Bonchev–Trinajstić information content (AvgIpc) is 2.52. The van der Waals surface area contributed by atoms with Crippen LogP contribution in [0, 0.1) is 0 Å². The van der Waals surface area contributed by atoms with Gasteiger partial charge < -0.3 is 9.74 Å². The van der Waals surface area contributed by atoms with E-state index in [9.17, 15) is 0 Å². The van der Waals surface area contributed by atoms with Gasteiger partial charge in [0, 0.05) is 18.3 Å². The Morgan fingerprint density at radius 2 is 2.55 bits per heavy atom. The predicted octanol–water partition coefficient (Wildman–Crippen LogP) is 0.314. The van der Waals surface area contributed by atoms with Crippen molar-refractivity contribution < 1.29 is 4.84 Å². The lowest BCUT2D eigenvalue weighted by atomic mass is 10.2. The van der Waals surface area contributed by atoms with E-state index in [1.807, 2.05) is 11.8 Å². The molecule has 0 radical (unpaired) electrons. The number of likely N-dealkylation sites (N-methyl/N-ethyl adjacent to an activating group) is 1. The fourth-order valence-electron chi connectivity index (χ4n) is 1.25. The van der Waals surface area contributed by atoms with Crippen LogP contribution >= 0.6 is 11.8 Å².